The molecule has 0 aliphatic rings. The number of carbonyl (C=O) groups is 1. The maximum atomic E-state index is 11.7. The predicted molar refractivity (Wildman–Crippen MR) is 59.1 cm³/mol. The number of aromatic carboxylic acids is 1. The molecule has 0 saturated heterocycles. The Labute approximate surface area is 100 Å². The minimum atomic E-state index is -2.48. The Morgan fingerprint density at radius 2 is 2.35 bits per heavy atom. The highest BCUT2D eigenvalue weighted by atomic mass is 32.1. The van der Waals surface area contributed by atoms with Gasteiger partial charge in [-0.25, -0.2) is 18.6 Å². The molecule has 0 amide bonds. The number of nitrogens with zero attached hydrogens (tertiary/aromatic N) is 1. The molecule has 0 aliphatic carbocycles. The van der Waals surface area contributed by atoms with Gasteiger partial charge in [-0.2, -0.15) is 0 Å². The fraction of sp³-hybridized carbons (Fsp3) is 0.556. The topological polar surface area (TPSA) is 71.5 Å². The van der Waals surface area contributed by atoms with Crippen molar-refractivity contribution in [1.82, 2.24) is 4.98 Å². The Morgan fingerprint density at radius 1 is 1.65 bits per heavy atom. The molecule has 0 aliphatic heterocycles. The third-order valence-electron chi connectivity index (χ3n) is 1.76. The number of anilines is 1. The van der Waals surface area contributed by atoms with Gasteiger partial charge >= 0.3 is 5.97 Å². The number of ether oxygens (including phenoxy) is 1. The van der Waals surface area contributed by atoms with Crippen molar-refractivity contribution in [3.05, 3.63) is 10.6 Å². The Kier molecular flexibility index (Phi) is 5.23. The predicted octanol–water partition coefficient (Wildman–Crippen LogP) is 1.84. The van der Waals surface area contributed by atoms with E-state index in [0.717, 1.165) is 11.3 Å². The molecule has 1 heterocycles. The summed E-state index contributed by atoms with van der Waals surface area (Å²) in [5, 5.41) is 12.0. The average molecular weight is 266 g/mol. The summed E-state index contributed by atoms with van der Waals surface area (Å²) in [6.45, 7) is 1.42. The molecule has 0 spiro atoms. The number of hydrogen-bond donors (Lipinski definition) is 2. The summed E-state index contributed by atoms with van der Waals surface area (Å²) in [4.78, 5) is 14.9. The second-order valence-corrected chi connectivity index (χ2v) is 4.13. The van der Waals surface area contributed by atoms with Crippen LogP contribution in [0.5, 0.6) is 0 Å². The van der Waals surface area contributed by atoms with Gasteiger partial charge in [0.15, 0.2) is 5.13 Å². The number of aromatic nitrogens is 1. The largest absolute Gasteiger partial charge is 0.477 e. The average Bonchev–Trinajstić information content (AvgIpc) is 2.59. The fourth-order valence-electron chi connectivity index (χ4n) is 1.07. The van der Waals surface area contributed by atoms with E-state index in [1.165, 1.54) is 0 Å². The van der Waals surface area contributed by atoms with E-state index >= 15 is 0 Å². The van der Waals surface area contributed by atoms with Crippen molar-refractivity contribution in [2.45, 2.75) is 13.3 Å². The highest BCUT2D eigenvalue weighted by Crippen LogP contribution is 2.21. The number of halogens is 2. The number of carboxylic acids is 1. The molecule has 0 fully saturated rings. The minimum absolute atomic E-state index is 0.116. The van der Waals surface area contributed by atoms with Gasteiger partial charge in [0.1, 0.15) is 11.5 Å². The van der Waals surface area contributed by atoms with E-state index < -0.39 is 19.0 Å². The van der Waals surface area contributed by atoms with Crippen LogP contribution in [0.25, 0.3) is 0 Å². The van der Waals surface area contributed by atoms with Crippen molar-refractivity contribution in [3.63, 3.8) is 0 Å². The molecule has 96 valence electrons. The lowest BCUT2D eigenvalue weighted by atomic mass is 10.4. The van der Waals surface area contributed by atoms with Crippen molar-refractivity contribution in [3.8, 4) is 0 Å². The van der Waals surface area contributed by atoms with Gasteiger partial charge in [-0.15, -0.1) is 0 Å². The van der Waals surface area contributed by atoms with Crippen LogP contribution in [0.3, 0.4) is 0 Å². The quantitative estimate of drug-likeness (QED) is 0.737. The summed E-state index contributed by atoms with van der Waals surface area (Å²) < 4.78 is 28.1. The standard InChI is InChI=1S/C9H12F2N2O3S/c1-5-7(8(14)15)17-9(13-5)12-2-3-16-4-6(10)11/h6H,2-4H2,1H3,(H,12,13)(H,14,15). The second-order valence-electron chi connectivity index (χ2n) is 3.13. The number of rotatable bonds is 7. The SMILES string of the molecule is Cc1nc(NCCOCC(F)F)sc1C(=O)O. The molecule has 0 atom stereocenters. The van der Waals surface area contributed by atoms with E-state index in [0.29, 0.717) is 17.4 Å². The third-order valence-corrected chi connectivity index (χ3v) is 2.86. The molecule has 5 nitrogen and oxygen atoms in total. The molecule has 0 saturated carbocycles. The van der Waals surface area contributed by atoms with Gasteiger partial charge in [0.2, 0.25) is 0 Å². The normalized spacial score (nSPS) is 10.8. The van der Waals surface area contributed by atoms with E-state index in [1.807, 2.05) is 0 Å². The van der Waals surface area contributed by atoms with Crippen molar-refractivity contribution in [2.24, 2.45) is 0 Å². The highest BCUT2D eigenvalue weighted by Gasteiger charge is 2.13. The van der Waals surface area contributed by atoms with Gasteiger partial charge in [0, 0.05) is 6.54 Å². The molecule has 8 heteroatoms. The Morgan fingerprint density at radius 3 is 2.88 bits per heavy atom. The molecular weight excluding hydrogens is 254 g/mol. The molecule has 17 heavy (non-hydrogen) atoms. The van der Waals surface area contributed by atoms with Crippen LogP contribution in [-0.4, -0.2) is 42.2 Å². The first-order valence-electron chi connectivity index (χ1n) is 4.81. The van der Waals surface area contributed by atoms with Gasteiger partial charge in [0.05, 0.1) is 12.3 Å². The monoisotopic (exact) mass is 266 g/mol. The van der Waals surface area contributed by atoms with Crippen LogP contribution in [0.1, 0.15) is 15.4 Å². The number of carboxylic acid groups (broad SMARTS) is 1. The van der Waals surface area contributed by atoms with E-state index in [2.05, 4.69) is 15.0 Å². The van der Waals surface area contributed by atoms with E-state index in [1.54, 1.807) is 6.92 Å². The van der Waals surface area contributed by atoms with Crippen LogP contribution < -0.4 is 5.32 Å². The van der Waals surface area contributed by atoms with Crippen LogP contribution >= 0.6 is 11.3 Å². The lowest BCUT2D eigenvalue weighted by Gasteiger charge is -2.03. The van der Waals surface area contributed by atoms with Gasteiger partial charge < -0.3 is 15.2 Å². The number of hydrogen-bond acceptors (Lipinski definition) is 5. The van der Waals surface area contributed by atoms with Gasteiger partial charge in [-0.3, -0.25) is 0 Å². The van der Waals surface area contributed by atoms with Crippen molar-refractivity contribution < 1.29 is 23.4 Å². The summed E-state index contributed by atoms with van der Waals surface area (Å²) in [5.74, 6) is -1.03. The second kappa shape index (κ2) is 6.45. The molecule has 1 rings (SSSR count). The van der Waals surface area contributed by atoms with E-state index in [4.69, 9.17) is 5.11 Å². The summed E-state index contributed by atoms with van der Waals surface area (Å²) >= 11 is 1.01. The lowest BCUT2D eigenvalue weighted by molar-refractivity contribution is 0.0215. The first kappa shape index (κ1) is 13.8. The van der Waals surface area contributed by atoms with Crippen LogP contribution in [0.15, 0.2) is 0 Å². The summed E-state index contributed by atoms with van der Waals surface area (Å²) in [5.41, 5.74) is 0.429. The number of nitrogens with one attached hydrogen (secondary N) is 1. The zero-order valence-corrected chi connectivity index (χ0v) is 9.89. The zero-order valence-electron chi connectivity index (χ0n) is 9.07. The Hall–Kier alpha value is -1.28. The van der Waals surface area contributed by atoms with Crippen molar-refractivity contribution in [1.29, 1.82) is 0 Å². The lowest BCUT2D eigenvalue weighted by Crippen LogP contribution is -2.12. The first-order valence-corrected chi connectivity index (χ1v) is 5.63. The Balaban J connectivity index is 2.32. The van der Waals surface area contributed by atoms with Crippen LogP contribution in [-0.2, 0) is 4.74 Å². The van der Waals surface area contributed by atoms with Crippen LogP contribution in [0.4, 0.5) is 13.9 Å². The van der Waals surface area contributed by atoms with Crippen LogP contribution in [0.2, 0.25) is 0 Å². The summed E-state index contributed by atoms with van der Waals surface area (Å²) in [7, 11) is 0. The van der Waals surface area contributed by atoms with E-state index in [-0.39, 0.29) is 11.5 Å². The van der Waals surface area contributed by atoms with Crippen LogP contribution in [0, 0.1) is 6.92 Å². The number of alkyl halides is 2. The maximum absolute atomic E-state index is 11.7. The molecule has 0 aromatic carbocycles. The van der Waals surface area contributed by atoms with Gasteiger partial charge in [-0.1, -0.05) is 11.3 Å². The van der Waals surface area contributed by atoms with Gasteiger partial charge in [-0.05, 0) is 6.92 Å². The number of aryl methyl sites for hydroxylation is 1. The Bertz CT molecular complexity index is 384. The minimum Gasteiger partial charge on any atom is -0.477 e. The van der Waals surface area contributed by atoms with E-state index in [9.17, 15) is 13.6 Å². The van der Waals surface area contributed by atoms with Crippen molar-refractivity contribution in [2.75, 3.05) is 25.1 Å². The summed E-state index contributed by atoms with van der Waals surface area (Å²) in [6.07, 6.45) is -2.48. The number of thiazole rings is 1. The molecule has 0 unspecified atom stereocenters. The summed E-state index contributed by atoms with van der Waals surface area (Å²) in [6, 6.07) is 0. The first-order chi connectivity index (χ1) is 8.00. The zero-order chi connectivity index (χ0) is 12.8. The molecule has 0 bridgehead atoms. The highest BCUT2D eigenvalue weighted by molar-refractivity contribution is 7.17. The third kappa shape index (κ3) is 4.61. The molecular formula is C9H12F2N2O3S. The molecule has 2 N–H and O–H groups in total. The fourth-order valence-corrected chi connectivity index (χ4v) is 1.90. The smallest absolute Gasteiger partial charge is 0.347 e. The molecule has 1 aromatic rings. The van der Waals surface area contributed by atoms with Gasteiger partial charge in [0.25, 0.3) is 6.43 Å². The molecule has 0 radical (unpaired) electrons. The van der Waals surface area contributed by atoms with Crippen molar-refractivity contribution >= 4 is 22.4 Å². The molecule has 1 aromatic heterocycles. The maximum Gasteiger partial charge on any atom is 0.347 e.